The molecule has 0 aliphatic heterocycles. The molecule has 0 aliphatic carbocycles. The fraction of sp³-hybridized carbons (Fsp3) is 0.458. The number of phenolic OH excluding ortho intramolecular Hbond substituents is 1. The molecule has 5 heteroatoms. The highest BCUT2D eigenvalue weighted by molar-refractivity contribution is 5.78. The molecule has 2 aromatic carbocycles. The van der Waals surface area contributed by atoms with Crippen molar-refractivity contribution in [2.45, 2.75) is 58.5 Å². The molecule has 0 unspecified atom stereocenters. The lowest BCUT2D eigenvalue weighted by Crippen LogP contribution is -2.33. The normalized spacial score (nSPS) is 10.7. The lowest BCUT2D eigenvalue weighted by atomic mass is 10.1. The van der Waals surface area contributed by atoms with Crippen molar-refractivity contribution in [2.75, 3.05) is 13.7 Å². The van der Waals surface area contributed by atoms with Crippen LogP contribution in [0.1, 0.15) is 56.6 Å². The van der Waals surface area contributed by atoms with Gasteiger partial charge in [-0.25, -0.2) is 5.06 Å². The Kier molecular flexibility index (Phi) is 10.1. The van der Waals surface area contributed by atoms with E-state index in [1.165, 1.54) is 37.9 Å². The van der Waals surface area contributed by atoms with Gasteiger partial charge in [-0.2, -0.15) is 0 Å². The predicted octanol–water partition coefficient (Wildman–Crippen LogP) is 5.26. The third-order valence-corrected chi connectivity index (χ3v) is 4.82. The molecule has 0 heterocycles. The number of hydrogen-bond acceptors (Lipinski definition) is 4. The molecule has 0 saturated carbocycles. The van der Waals surface area contributed by atoms with Crippen molar-refractivity contribution in [3.63, 3.8) is 0 Å². The molecule has 5 nitrogen and oxygen atoms in total. The molecule has 158 valence electrons. The van der Waals surface area contributed by atoms with Gasteiger partial charge in [0, 0.05) is 6.54 Å². The van der Waals surface area contributed by atoms with Crippen molar-refractivity contribution in [3.8, 4) is 11.5 Å². The first kappa shape index (κ1) is 22.8. The molecule has 0 aliphatic rings. The number of ether oxygens (including phenoxy) is 1. The van der Waals surface area contributed by atoms with E-state index >= 15 is 0 Å². The number of hydroxylamine groups is 2. The maximum atomic E-state index is 12.9. The van der Waals surface area contributed by atoms with Gasteiger partial charge in [0.25, 0.3) is 5.91 Å². The third-order valence-electron chi connectivity index (χ3n) is 4.82. The van der Waals surface area contributed by atoms with Crippen LogP contribution in [0.4, 0.5) is 0 Å². The number of rotatable bonds is 13. The fourth-order valence-corrected chi connectivity index (χ4v) is 3.12. The molecule has 29 heavy (non-hydrogen) atoms. The third kappa shape index (κ3) is 8.16. The average molecular weight is 400 g/mol. The number of nitrogens with zero attached hydrogens (tertiary/aromatic N) is 1. The van der Waals surface area contributed by atoms with Crippen molar-refractivity contribution in [1.29, 1.82) is 0 Å². The maximum absolute atomic E-state index is 12.9. The zero-order chi connectivity index (χ0) is 20.9. The second kappa shape index (κ2) is 12.8. The molecule has 1 amide bonds. The number of amides is 1. The second-order valence-electron chi connectivity index (χ2n) is 7.21. The van der Waals surface area contributed by atoms with E-state index in [0.717, 1.165) is 24.0 Å². The highest BCUT2D eigenvalue weighted by Gasteiger charge is 2.16. The van der Waals surface area contributed by atoms with E-state index < -0.39 is 0 Å². The lowest BCUT2D eigenvalue weighted by molar-refractivity contribution is -0.191. The summed E-state index contributed by atoms with van der Waals surface area (Å²) in [4.78, 5) is 18.8. The largest absolute Gasteiger partial charge is 0.504 e. The topological polar surface area (TPSA) is 59.0 Å². The molecular weight excluding hydrogens is 366 g/mol. The second-order valence-corrected chi connectivity index (χ2v) is 7.21. The van der Waals surface area contributed by atoms with Crippen LogP contribution < -0.4 is 4.74 Å². The van der Waals surface area contributed by atoms with Crippen LogP contribution >= 0.6 is 0 Å². The number of carbonyl (C=O) groups is 1. The average Bonchev–Trinajstić information content (AvgIpc) is 2.74. The SMILES string of the molecule is CCCCCCCCN(OCc1ccccc1)C(=O)Cc1ccc(O)c(OC)c1. The fourth-order valence-electron chi connectivity index (χ4n) is 3.12. The van der Waals surface area contributed by atoms with Gasteiger partial charge < -0.3 is 9.84 Å². The Hall–Kier alpha value is -2.53. The molecule has 0 fully saturated rings. The van der Waals surface area contributed by atoms with Crippen LogP contribution in [0.25, 0.3) is 0 Å². The highest BCUT2D eigenvalue weighted by atomic mass is 16.7. The van der Waals surface area contributed by atoms with Crippen molar-refractivity contribution < 1.29 is 19.5 Å². The summed E-state index contributed by atoms with van der Waals surface area (Å²) in [6.07, 6.45) is 7.11. The molecule has 2 rings (SSSR count). The summed E-state index contributed by atoms with van der Waals surface area (Å²) in [6, 6.07) is 14.8. The van der Waals surface area contributed by atoms with E-state index in [0.29, 0.717) is 18.9 Å². The monoisotopic (exact) mass is 399 g/mol. The van der Waals surface area contributed by atoms with Crippen LogP contribution in [-0.4, -0.2) is 29.7 Å². The summed E-state index contributed by atoms with van der Waals surface area (Å²) in [7, 11) is 1.49. The smallest absolute Gasteiger partial charge is 0.250 e. The summed E-state index contributed by atoms with van der Waals surface area (Å²) in [5.74, 6) is 0.332. The first-order valence-electron chi connectivity index (χ1n) is 10.5. The summed E-state index contributed by atoms with van der Waals surface area (Å²) >= 11 is 0. The number of methoxy groups -OCH3 is 1. The van der Waals surface area contributed by atoms with Gasteiger partial charge in [0.15, 0.2) is 11.5 Å². The van der Waals surface area contributed by atoms with Crippen molar-refractivity contribution >= 4 is 5.91 Å². The zero-order valence-electron chi connectivity index (χ0n) is 17.6. The van der Waals surface area contributed by atoms with Gasteiger partial charge in [0.2, 0.25) is 0 Å². The van der Waals surface area contributed by atoms with E-state index in [1.807, 2.05) is 30.3 Å². The molecule has 2 aromatic rings. The number of hydrogen-bond donors (Lipinski definition) is 1. The highest BCUT2D eigenvalue weighted by Crippen LogP contribution is 2.26. The zero-order valence-corrected chi connectivity index (χ0v) is 17.6. The van der Waals surface area contributed by atoms with Crippen LogP contribution in [-0.2, 0) is 22.7 Å². The molecule has 0 radical (unpaired) electrons. The Balaban J connectivity index is 1.95. The van der Waals surface area contributed by atoms with E-state index in [4.69, 9.17) is 9.57 Å². The van der Waals surface area contributed by atoms with Gasteiger partial charge in [0.05, 0.1) is 13.5 Å². The van der Waals surface area contributed by atoms with Crippen LogP contribution in [0.3, 0.4) is 0 Å². The first-order valence-corrected chi connectivity index (χ1v) is 10.5. The van der Waals surface area contributed by atoms with Crippen molar-refractivity contribution in [1.82, 2.24) is 5.06 Å². The molecule has 1 N–H and O–H groups in total. The first-order chi connectivity index (χ1) is 14.1. The Bertz CT molecular complexity index is 733. The van der Waals surface area contributed by atoms with Gasteiger partial charge in [-0.15, -0.1) is 0 Å². The number of benzene rings is 2. The number of unbranched alkanes of at least 4 members (excludes halogenated alkanes) is 5. The summed E-state index contributed by atoms with van der Waals surface area (Å²) < 4.78 is 5.14. The van der Waals surface area contributed by atoms with Crippen molar-refractivity contribution in [2.24, 2.45) is 0 Å². The van der Waals surface area contributed by atoms with E-state index in [1.54, 1.807) is 18.2 Å². The van der Waals surface area contributed by atoms with Gasteiger partial charge in [-0.05, 0) is 29.7 Å². The predicted molar refractivity (Wildman–Crippen MR) is 115 cm³/mol. The minimum atomic E-state index is -0.0952. The number of aromatic hydroxyl groups is 1. The molecule has 0 saturated heterocycles. The van der Waals surface area contributed by atoms with Crippen molar-refractivity contribution in [3.05, 3.63) is 59.7 Å². The molecule has 0 spiro atoms. The standard InChI is InChI=1S/C24H33NO4/c1-3-4-5-6-7-11-16-25(29-19-20-12-9-8-10-13-20)24(27)18-21-14-15-22(26)23(17-21)28-2/h8-10,12-15,17,26H,3-7,11,16,18-19H2,1-2H3. The summed E-state index contributed by atoms with van der Waals surface area (Å²) in [5.41, 5.74) is 1.81. The van der Waals surface area contributed by atoms with Gasteiger partial charge in [0.1, 0.15) is 6.61 Å². The quantitative estimate of drug-likeness (QED) is 0.368. The Morgan fingerprint density at radius 3 is 2.41 bits per heavy atom. The van der Waals surface area contributed by atoms with Crippen LogP contribution in [0.5, 0.6) is 11.5 Å². The minimum absolute atomic E-state index is 0.0629. The molecule has 0 atom stereocenters. The van der Waals surface area contributed by atoms with Gasteiger partial charge >= 0.3 is 0 Å². The Morgan fingerprint density at radius 2 is 1.69 bits per heavy atom. The maximum Gasteiger partial charge on any atom is 0.250 e. The van der Waals surface area contributed by atoms with Crippen LogP contribution in [0, 0.1) is 0 Å². The van der Waals surface area contributed by atoms with Gasteiger partial charge in [-0.3, -0.25) is 9.63 Å². The number of phenols is 1. The van der Waals surface area contributed by atoms with Crippen LogP contribution in [0.15, 0.2) is 48.5 Å². The van der Waals surface area contributed by atoms with Crippen LogP contribution in [0.2, 0.25) is 0 Å². The number of carbonyl (C=O) groups excluding carboxylic acids is 1. The Labute approximate surface area is 174 Å². The lowest BCUT2D eigenvalue weighted by Gasteiger charge is -2.22. The van der Waals surface area contributed by atoms with E-state index in [2.05, 4.69) is 6.92 Å². The minimum Gasteiger partial charge on any atom is -0.504 e. The molecular formula is C24H33NO4. The van der Waals surface area contributed by atoms with E-state index in [9.17, 15) is 9.90 Å². The van der Waals surface area contributed by atoms with E-state index in [-0.39, 0.29) is 18.1 Å². The van der Waals surface area contributed by atoms with Gasteiger partial charge in [-0.1, -0.05) is 75.4 Å². The summed E-state index contributed by atoms with van der Waals surface area (Å²) in [5, 5.41) is 11.2. The molecule has 0 bridgehead atoms. The summed E-state index contributed by atoms with van der Waals surface area (Å²) in [6.45, 7) is 3.14. The molecule has 0 aromatic heterocycles. The Morgan fingerprint density at radius 1 is 0.966 bits per heavy atom.